The van der Waals surface area contributed by atoms with E-state index in [2.05, 4.69) is 10.6 Å². The molecule has 2 N–H and O–H groups in total. The first-order valence-corrected chi connectivity index (χ1v) is 11.0. The molecule has 0 unspecified atom stereocenters. The summed E-state index contributed by atoms with van der Waals surface area (Å²) in [6.45, 7) is 4.14. The second-order valence-electron chi connectivity index (χ2n) is 5.87. The van der Waals surface area contributed by atoms with Crippen molar-refractivity contribution in [2.75, 3.05) is 45.8 Å². The van der Waals surface area contributed by atoms with Gasteiger partial charge in [-0.25, -0.2) is 8.42 Å². The summed E-state index contributed by atoms with van der Waals surface area (Å²) in [6.07, 6.45) is 0.838. The molecule has 1 saturated heterocycles. The van der Waals surface area contributed by atoms with E-state index in [4.69, 9.17) is 11.6 Å². The number of carbonyl (C=O) groups excluding carboxylic acids is 2. The summed E-state index contributed by atoms with van der Waals surface area (Å²) in [4.78, 5) is 25.2. The molecule has 2 heterocycles. The number of sulfonamides is 1. The summed E-state index contributed by atoms with van der Waals surface area (Å²) in [5, 5.41) is 5.25. The molecule has 0 spiro atoms. The van der Waals surface area contributed by atoms with Crippen molar-refractivity contribution in [3.05, 3.63) is 16.5 Å². The third-order valence-corrected chi connectivity index (χ3v) is 7.46. The van der Waals surface area contributed by atoms with Gasteiger partial charge in [-0.15, -0.1) is 11.3 Å². The van der Waals surface area contributed by atoms with E-state index in [0.717, 1.165) is 17.8 Å². The normalized spacial score (nSPS) is 16.4. The molecule has 11 heteroatoms. The SMILES string of the molecule is CCCNC(=O)CNC(=O)CN1CCN(S(=O)(=O)c2ccc(Cl)s2)CC1. The van der Waals surface area contributed by atoms with Gasteiger partial charge >= 0.3 is 0 Å². The molecule has 2 rings (SSSR count). The Balaban J connectivity index is 1.76. The number of thiophene rings is 1. The van der Waals surface area contributed by atoms with E-state index in [9.17, 15) is 18.0 Å². The van der Waals surface area contributed by atoms with Gasteiger partial charge in [0.1, 0.15) is 4.21 Å². The largest absolute Gasteiger partial charge is 0.355 e. The molecule has 1 aromatic rings. The summed E-state index contributed by atoms with van der Waals surface area (Å²) in [6, 6.07) is 3.07. The van der Waals surface area contributed by atoms with Crippen LogP contribution in [0.2, 0.25) is 4.34 Å². The van der Waals surface area contributed by atoms with E-state index >= 15 is 0 Å². The fraction of sp³-hybridized carbons (Fsp3) is 0.600. The number of piperazine rings is 1. The summed E-state index contributed by atoms with van der Waals surface area (Å²) >= 11 is 6.85. The van der Waals surface area contributed by atoms with E-state index in [1.54, 1.807) is 6.07 Å². The average Bonchev–Trinajstić information content (AvgIpc) is 3.06. The van der Waals surface area contributed by atoms with Crippen LogP contribution in [0.1, 0.15) is 13.3 Å². The summed E-state index contributed by atoms with van der Waals surface area (Å²) in [7, 11) is -3.54. The van der Waals surface area contributed by atoms with Crippen LogP contribution in [0.3, 0.4) is 0 Å². The number of amides is 2. The molecule has 0 aromatic carbocycles. The fourth-order valence-electron chi connectivity index (χ4n) is 2.46. The lowest BCUT2D eigenvalue weighted by Gasteiger charge is -2.33. The van der Waals surface area contributed by atoms with Gasteiger partial charge in [-0.3, -0.25) is 14.5 Å². The number of rotatable bonds is 8. The highest BCUT2D eigenvalue weighted by Crippen LogP contribution is 2.28. The minimum Gasteiger partial charge on any atom is -0.355 e. The lowest BCUT2D eigenvalue weighted by molar-refractivity contribution is -0.126. The number of nitrogens with zero attached hydrogens (tertiary/aromatic N) is 2. The topological polar surface area (TPSA) is 98.8 Å². The van der Waals surface area contributed by atoms with E-state index < -0.39 is 10.0 Å². The van der Waals surface area contributed by atoms with Crippen molar-refractivity contribution in [1.29, 1.82) is 0 Å². The Kier molecular flexibility index (Phi) is 7.84. The first-order valence-electron chi connectivity index (χ1n) is 8.34. The zero-order valence-electron chi connectivity index (χ0n) is 14.5. The first-order chi connectivity index (χ1) is 12.3. The van der Waals surface area contributed by atoms with Gasteiger partial charge in [0.05, 0.1) is 17.4 Å². The molecule has 2 amide bonds. The van der Waals surface area contributed by atoms with Gasteiger partial charge in [-0.1, -0.05) is 18.5 Å². The number of carbonyl (C=O) groups is 2. The van der Waals surface area contributed by atoms with E-state index in [0.29, 0.717) is 37.1 Å². The van der Waals surface area contributed by atoms with Crippen LogP contribution >= 0.6 is 22.9 Å². The molecule has 0 atom stereocenters. The third kappa shape index (κ3) is 5.92. The summed E-state index contributed by atoms with van der Waals surface area (Å²) in [5.41, 5.74) is 0. The predicted molar refractivity (Wildman–Crippen MR) is 101 cm³/mol. The van der Waals surface area contributed by atoms with Crippen molar-refractivity contribution < 1.29 is 18.0 Å². The molecule has 1 fully saturated rings. The van der Waals surface area contributed by atoms with Crippen molar-refractivity contribution in [3.63, 3.8) is 0 Å². The molecule has 0 aliphatic carbocycles. The fourth-order valence-corrected chi connectivity index (χ4v) is 5.52. The number of halogens is 1. The van der Waals surface area contributed by atoms with E-state index in [-0.39, 0.29) is 29.1 Å². The van der Waals surface area contributed by atoms with Gasteiger partial charge in [-0.2, -0.15) is 4.31 Å². The standard InChI is InChI=1S/C15H23ClN4O4S2/c1-2-5-17-13(21)10-18-14(22)11-19-6-8-20(9-7-19)26(23,24)15-4-3-12(16)25-15/h3-4H,2,5-11H2,1H3,(H,17,21)(H,18,22). The Morgan fingerprint density at radius 2 is 1.85 bits per heavy atom. The lowest BCUT2D eigenvalue weighted by atomic mass is 10.3. The Hall–Kier alpha value is -1.20. The van der Waals surface area contributed by atoms with Crippen molar-refractivity contribution >= 4 is 44.8 Å². The van der Waals surface area contributed by atoms with Crippen molar-refractivity contribution in [2.24, 2.45) is 0 Å². The zero-order valence-corrected chi connectivity index (χ0v) is 16.9. The van der Waals surface area contributed by atoms with Crippen LogP contribution < -0.4 is 10.6 Å². The Bertz CT molecular complexity index is 730. The monoisotopic (exact) mass is 422 g/mol. The van der Waals surface area contributed by atoms with Crippen LogP contribution in [0.25, 0.3) is 0 Å². The molecule has 8 nitrogen and oxygen atoms in total. The molecule has 0 saturated carbocycles. The quantitative estimate of drug-likeness (QED) is 0.629. The third-order valence-electron chi connectivity index (χ3n) is 3.86. The highest BCUT2D eigenvalue weighted by molar-refractivity contribution is 7.91. The Morgan fingerprint density at radius 1 is 1.15 bits per heavy atom. The van der Waals surface area contributed by atoms with Gasteiger partial charge in [0.2, 0.25) is 11.8 Å². The van der Waals surface area contributed by atoms with Gasteiger partial charge < -0.3 is 10.6 Å². The molecule has 0 radical (unpaired) electrons. The maximum Gasteiger partial charge on any atom is 0.252 e. The molecule has 26 heavy (non-hydrogen) atoms. The number of nitrogens with one attached hydrogen (secondary N) is 2. The van der Waals surface area contributed by atoms with E-state index in [1.165, 1.54) is 10.4 Å². The lowest BCUT2D eigenvalue weighted by Crippen LogP contribution is -2.51. The number of hydrogen-bond acceptors (Lipinski definition) is 6. The summed E-state index contributed by atoms with van der Waals surface area (Å²) < 4.78 is 27.1. The van der Waals surface area contributed by atoms with Crippen LogP contribution in [0.5, 0.6) is 0 Å². The van der Waals surface area contributed by atoms with Gasteiger partial charge in [-0.05, 0) is 18.6 Å². The molecular formula is C15H23ClN4O4S2. The maximum absolute atomic E-state index is 12.5. The van der Waals surface area contributed by atoms with Crippen LogP contribution in [0, 0.1) is 0 Å². The smallest absolute Gasteiger partial charge is 0.252 e. The van der Waals surface area contributed by atoms with Gasteiger partial charge in [0, 0.05) is 32.7 Å². The molecule has 146 valence electrons. The summed E-state index contributed by atoms with van der Waals surface area (Å²) in [5.74, 6) is -0.469. The van der Waals surface area contributed by atoms with Crippen LogP contribution in [-0.4, -0.2) is 75.3 Å². The molecule has 1 aromatic heterocycles. The van der Waals surface area contributed by atoms with Crippen molar-refractivity contribution in [2.45, 2.75) is 17.6 Å². The second-order valence-corrected chi connectivity index (χ2v) is 9.75. The van der Waals surface area contributed by atoms with Gasteiger partial charge in [0.15, 0.2) is 0 Å². The highest BCUT2D eigenvalue weighted by Gasteiger charge is 2.30. The van der Waals surface area contributed by atoms with Crippen LogP contribution in [-0.2, 0) is 19.6 Å². The Labute approximate surface area is 162 Å². The first kappa shape index (κ1) is 21.1. The molecular weight excluding hydrogens is 400 g/mol. The zero-order chi connectivity index (χ0) is 19.2. The molecule has 1 aliphatic rings. The minimum atomic E-state index is -3.54. The molecule has 1 aliphatic heterocycles. The van der Waals surface area contributed by atoms with Crippen molar-refractivity contribution in [1.82, 2.24) is 19.8 Å². The van der Waals surface area contributed by atoms with Crippen molar-refractivity contribution in [3.8, 4) is 0 Å². The average molecular weight is 423 g/mol. The van der Waals surface area contributed by atoms with Crippen LogP contribution in [0.15, 0.2) is 16.3 Å². The highest BCUT2D eigenvalue weighted by atomic mass is 35.5. The number of hydrogen-bond donors (Lipinski definition) is 2. The predicted octanol–water partition coefficient (Wildman–Crippen LogP) is 0.350. The van der Waals surface area contributed by atoms with Gasteiger partial charge in [0.25, 0.3) is 10.0 Å². The van der Waals surface area contributed by atoms with E-state index in [1.807, 2.05) is 11.8 Å². The Morgan fingerprint density at radius 3 is 2.42 bits per heavy atom. The van der Waals surface area contributed by atoms with Crippen LogP contribution in [0.4, 0.5) is 0 Å². The second kappa shape index (κ2) is 9.65. The molecule has 0 bridgehead atoms. The maximum atomic E-state index is 12.5. The minimum absolute atomic E-state index is 0.0493.